The zero-order valence-electron chi connectivity index (χ0n) is 8.24. The number of hydrogen-bond acceptors (Lipinski definition) is 4. The van der Waals surface area contributed by atoms with E-state index >= 15 is 0 Å². The lowest BCUT2D eigenvalue weighted by atomic mass is 10.00. The van der Waals surface area contributed by atoms with Gasteiger partial charge < -0.3 is 5.21 Å². The molecule has 0 saturated heterocycles. The van der Waals surface area contributed by atoms with Crippen molar-refractivity contribution in [2.45, 2.75) is 38.9 Å². The molecule has 5 nitrogen and oxygen atoms in total. The van der Waals surface area contributed by atoms with Gasteiger partial charge in [0.05, 0.1) is 0 Å². The standard InChI is InChI=1S/C8H14N3O2/c1-7(2)6(5-9)10(12)8(3,4)11(7)13/h12-13H,1-4H3/q+1. The summed E-state index contributed by atoms with van der Waals surface area (Å²) in [5, 5.41) is 29.1. The Morgan fingerprint density at radius 3 is 2.00 bits per heavy atom. The Kier molecular flexibility index (Phi) is 1.87. The molecule has 0 radical (unpaired) electrons. The number of hydroxylamine groups is 3. The van der Waals surface area contributed by atoms with Crippen LogP contribution in [0.4, 0.5) is 0 Å². The predicted molar refractivity (Wildman–Crippen MR) is 44.5 cm³/mol. The molecular weight excluding hydrogens is 170 g/mol. The van der Waals surface area contributed by atoms with Crippen molar-refractivity contribution >= 4 is 5.71 Å². The molecule has 13 heavy (non-hydrogen) atoms. The summed E-state index contributed by atoms with van der Waals surface area (Å²) in [7, 11) is 0. The van der Waals surface area contributed by atoms with E-state index in [0.717, 1.165) is 9.80 Å². The van der Waals surface area contributed by atoms with E-state index in [2.05, 4.69) is 0 Å². The van der Waals surface area contributed by atoms with Crippen LogP contribution in [0.1, 0.15) is 27.7 Å². The average Bonchev–Trinajstić information content (AvgIpc) is 2.12. The Morgan fingerprint density at radius 1 is 1.38 bits per heavy atom. The Hall–Kier alpha value is -1.12. The zero-order chi connectivity index (χ0) is 10.4. The highest BCUT2D eigenvalue weighted by Gasteiger charge is 2.60. The molecule has 0 atom stereocenters. The third kappa shape index (κ3) is 1.03. The van der Waals surface area contributed by atoms with Gasteiger partial charge in [0.15, 0.2) is 6.07 Å². The van der Waals surface area contributed by atoms with E-state index in [1.807, 2.05) is 6.07 Å². The van der Waals surface area contributed by atoms with E-state index < -0.39 is 11.2 Å². The van der Waals surface area contributed by atoms with Gasteiger partial charge >= 0.3 is 5.71 Å². The van der Waals surface area contributed by atoms with Gasteiger partial charge in [-0.1, -0.05) is 0 Å². The van der Waals surface area contributed by atoms with E-state index in [1.165, 1.54) is 0 Å². The molecule has 5 heteroatoms. The van der Waals surface area contributed by atoms with Gasteiger partial charge in [0.25, 0.3) is 5.66 Å². The van der Waals surface area contributed by atoms with Crippen molar-refractivity contribution in [3.8, 4) is 6.07 Å². The molecule has 0 amide bonds. The maximum absolute atomic E-state index is 9.72. The van der Waals surface area contributed by atoms with Crippen molar-refractivity contribution in [2.75, 3.05) is 0 Å². The largest absolute Gasteiger partial charge is 0.327 e. The van der Waals surface area contributed by atoms with Crippen LogP contribution in [0, 0.1) is 11.3 Å². The minimum atomic E-state index is -0.964. The molecule has 1 aliphatic heterocycles. The summed E-state index contributed by atoms with van der Waals surface area (Å²) in [6, 6.07) is 1.88. The highest BCUT2D eigenvalue weighted by atomic mass is 16.6. The fourth-order valence-electron chi connectivity index (χ4n) is 1.59. The van der Waals surface area contributed by atoms with Gasteiger partial charge in [0.1, 0.15) is 5.54 Å². The zero-order valence-corrected chi connectivity index (χ0v) is 8.24. The molecule has 72 valence electrons. The lowest BCUT2D eigenvalue weighted by Gasteiger charge is -2.26. The summed E-state index contributed by atoms with van der Waals surface area (Å²) in [4.78, 5) is 0. The Bertz CT molecular complexity index is 312. The minimum Gasteiger partial charge on any atom is -0.307 e. The lowest BCUT2D eigenvalue weighted by molar-refractivity contribution is -0.835. The molecule has 1 aliphatic rings. The van der Waals surface area contributed by atoms with Crippen molar-refractivity contribution in [3.05, 3.63) is 0 Å². The van der Waals surface area contributed by atoms with E-state index in [4.69, 9.17) is 5.26 Å². The predicted octanol–water partition coefficient (Wildman–Crippen LogP) is 0.572. The van der Waals surface area contributed by atoms with Gasteiger partial charge in [-0.2, -0.15) is 5.26 Å². The molecule has 0 unspecified atom stereocenters. The first kappa shape index (κ1) is 9.96. The van der Waals surface area contributed by atoms with Crippen molar-refractivity contribution in [1.29, 1.82) is 5.26 Å². The van der Waals surface area contributed by atoms with Gasteiger partial charge in [0.2, 0.25) is 0 Å². The molecule has 2 N–H and O–H groups in total. The quantitative estimate of drug-likeness (QED) is 0.426. The summed E-state index contributed by atoms with van der Waals surface area (Å²) in [6.07, 6.45) is 0. The number of nitriles is 1. The number of hydrogen-bond donors (Lipinski definition) is 2. The van der Waals surface area contributed by atoms with Crippen LogP contribution in [0.3, 0.4) is 0 Å². The monoisotopic (exact) mass is 184 g/mol. The van der Waals surface area contributed by atoms with E-state index in [-0.39, 0.29) is 5.71 Å². The first-order chi connectivity index (χ1) is 5.76. The minimum absolute atomic E-state index is 0.139. The summed E-state index contributed by atoms with van der Waals surface area (Å²) >= 11 is 0. The maximum Gasteiger partial charge on any atom is 0.327 e. The van der Waals surface area contributed by atoms with Crippen LogP contribution in [0.2, 0.25) is 0 Å². The lowest BCUT2D eigenvalue weighted by Crippen LogP contribution is -2.51. The molecule has 0 aromatic heterocycles. The second kappa shape index (κ2) is 2.44. The van der Waals surface area contributed by atoms with Crippen LogP contribution in [-0.2, 0) is 0 Å². The summed E-state index contributed by atoms with van der Waals surface area (Å²) < 4.78 is 0.799. The topological polar surface area (TPSA) is 70.5 Å². The van der Waals surface area contributed by atoms with Crippen molar-refractivity contribution in [3.63, 3.8) is 0 Å². The van der Waals surface area contributed by atoms with Crippen molar-refractivity contribution < 1.29 is 15.2 Å². The van der Waals surface area contributed by atoms with Gasteiger partial charge in [0, 0.05) is 18.6 Å². The highest BCUT2D eigenvalue weighted by Crippen LogP contribution is 2.31. The first-order valence-corrected chi connectivity index (χ1v) is 4.02. The van der Waals surface area contributed by atoms with Gasteiger partial charge in [-0.15, -0.1) is 5.06 Å². The second-order valence-electron chi connectivity index (χ2n) is 4.14. The van der Waals surface area contributed by atoms with Crippen LogP contribution in [0.15, 0.2) is 0 Å². The third-order valence-corrected chi connectivity index (χ3v) is 2.46. The molecule has 0 aliphatic carbocycles. The molecule has 0 saturated carbocycles. The van der Waals surface area contributed by atoms with Crippen molar-refractivity contribution in [1.82, 2.24) is 5.06 Å². The molecule has 1 heterocycles. The summed E-state index contributed by atoms with van der Waals surface area (Å²) in [6.45, 7) is 6.59. The van der Waals surface area contributed by atoms with Gasteiger partial charge in [-0.25, -0.2) is 0 Å². The van der Waals surface area contributed by atoms with Gasteiger partial charge in [-0.05, 0) is 13.8 Å². The van der Waals surface area contributed by atoms with Crippen LogP contribution >= 0.6 is 0 Å². The third-order valence-electron chi connectivity index (χ3n) is 2.46. The van der Waals surface area contributed by atoms with E-state index in [1.54, 1.807) is 27.7 Å². The van der Waals surface area contributed by atoms with Crippen LogP contribution in [0.25, 0.3) is 0 Å². The van der Waals surface area contributed by atoms with Crippen LogP contribution in [0.5, 0.6) is 0 Å². The Balaban J connectivity index is 3.34. The molecule has 0 aromatic rings. The van der Waals surface area contributed by atoms with Gasteiger partial charge in [-0.3, -0.25) is 5.21 Å². The second-order valence-corrected chi connectivity index (χ2v) is 4.14. The Morgan fingerprint density at radius 2 is 1.85 bits per heavy atom. The first-order valence-electron chi connectivity index (χ1n) is 4.02. The van der Waals surface area contributed by atoms with E-state index in [0.29, 0.717) is 0 Å². The maximum atomic E-state index is 9.72. The highest BCUT2D eigenvalue weighted by molar-refractivity contribution is 6.02. The normalized spacial score (nSPS) is 26.2. The summed E-state index contributed by atoms with van der Waals surface area (Å²) in [5.41, 5.74) is -1.68. The molecule has 0 fully saturated rings. The Labute approximate surface area is 77.0 Å². The molecule has 0 spiro atoms. The van der Waals surface area contributed by atoms with Crippen molar-refractivity contribution in [2.24, 2.45) is 0 Å². The average molecular weight is 184 g/mol. The molecule has 1 rings (SSSR count). The fraction of sp³-hybridized carbons (Fsp3) is 0.750. The molecule has 0 bridgehead atoms. The van der Waals surface area contributed by atoms with E-state index in [9.17, 15) is 10.4 Å². The molecule has 0 aromatic carbocycles. The number of nitrogens with zero attached hydrogens (tertiary/aromatic N) is 3. The van der Waals surface area contributed by atoms with Crippen LogP contribution < -0.4 is 0 Å². The van der Waals surface area contributed by atoms with Crippen LogP contribution in [-0.4, -0.2) is 37.1 Å². The fourth-order valence-corrected chi connectivity index (χ4v) is 1.59. The summed E-state index contributed by atoms with van der Waals surface area (Å²) in [5.74, 6) is 0. The molecular formula is C8H14N3O2+. The number of rotatable bonds is 0. The SMILES string of the molecule is CC1(C)C(C#N)=[N+](O)C(C)(C)N1O. The smallest absolute Gasteiger partial charge is 0.307 e.